The maximum atomic E-state index is 12.4. The highest BCUT2D eigenvalue weighted by molar-refractivity contribution is 7.85. The zero-order valence-electron chi connectivity index (χ0n) is 12.0. The van der Waals surface area contributed by atoms with E-state index < -0.39 is 10.8 Å². The van der Waals surface area contributed by atoms with Gasteiger partial charge in [-0.3, -0.25) is 9.00 Å². The Balaban J connectivity index is 1.69. The zero-order chi connectivity index (χ0) is 14.7. The molecule has 1 unspecified atom stereocenters. The monoisotopic (exact) mass is 308 g/mol. The van der Waals surface area contributed by atoms with Crippen molar-refractivity contribution in [2.24, 2.45) is 5.92 Å². The van der Waals surface area contributed by atoms with Gasteiger partial charge in [0.15, 0.2) is 11.5 Å². The Bertz CT molecular complexity index is 549. The molecule has 21 heavy (non-hydrogen) atoms. The topological polar surface area (TPSA) is 52.6 Å². The fourth-order valence-corrected chi connectivity index (χ4v) is 3.98. The van der Waals surface area contributed by atoms with Gasteiger partial charge in [0.2, 0.25) is 0 Å². The molecule has 1 aromatic rings. The molecule has 1 saturated carbocycles. The van der Waals surface area contributed by atoms with Crippen LogP contribution in [0.15, 0.2) is 23.1 Å². The van der Waals surface area contributed by atoms with E-state index in [4.69, 9.17) is 9.47 Å². The van der Waals surface area contributed by atoms with Crippen molar-refractivity contribution >= 4 is 16.6 Å². The molecule has 0 N–H and O–H groups in total. The lowest BCUT2D eigenvalue weighted by Gasteiger charge is -2.10. The van der Waals surface area contributed by atoms with Crippen LogP contribution in [0.4, 0.5) is 0 Å². The van der Waals surface area contributed by atoms with E-state index in [2.05, 4.69) is 0 Å². The molecule has 114 valence electrons. The fraction of sp³-hybridized carbons (Fsp3) is 0.562. The van der Waals surface area contributed by atoms with Crippen LogP contribution >= 0.6 is 0 Å². The van der Waals surface area contributed by atoms with Gasteiger partial charge >= 0.3 is 0 Å². The molecule has 0 saturated heterocycles. The van der Waals surface area contributed by atoms with Crippen molar-refractivity contribution in [3.8, 4) is 11.5 Å². The molecule has 1 aliphatic carbocycles. The van der Waals surface area contributed by atoms with Gasteiger partial charge in [-0.25, -0.2) is 0 Å². The largest absolute Gasteiger partial charge is 0.490 e. The van der Waals surface area contributed by atoms with E-state index in [1.807, 2.05) is 0 Å². The van der Waals surface area contributed by atoms with Crippen LogP contribution in [0.3, 0.4) is 0 Å². The van der Waals surface area contributed by atoms with Crippen LogP contribution < -0.4 is 9.47 Å². The van der Waals surface area contributed by atoms with E-state index in [9.17, 15) is 9.00 Å². The Morgan fingerprint density at radius 2 is 1.81 bits per heavy atom. The van der Waals surface area contributed by atoms with Crippen molar-refractivity contribution in [2.45, 2.75) is 37.0 Å². The Labute approximate surface area is 127 Å². The van der Waals surface area contributed by atoms with Crippen molar-refractivity contribution in [1.29, 1.82) is 0 Å². The van der Waals surface area contributed by atoms with Crippen molar-refractivity contribution in [2.75, 3.05) is 19.0 Å². The van der Waals surface area contributed by atoms with E-state index in [0.29, 0.717) is 29.6 Å². The number of benzene rings is 1. The summed E-state index contributed by atoms with van der Waals surface area (Å²) in [6, 6.07) is 5.30. The summed E-state index contributed by atoms with van der Waals surface area (Å²) in [4.78, 5) is 12.8. The third kappa shape index (κ3) is 3.46. The van der Waals surface area contributed by atoms with Crippen molar-refractivity contribution in [1.82, 2.24) is 0 Å². The number of fused-ring (bicyclic) bond motifs is 1. The maximum absolute atomic E-state index is 12.4. The summed E-state index contributed by atoms with van der Waals surface area (Å²) >= 11 is 0. The van der Waals surface area contributed by atoms with Gasteiger partial charge in [-0.2, -0.15) is 0 Å². The predicted octanol–water partition coefficient (Wildman–Crippen LogP) is 2.71. The first-order valence-corrected chi connectivity index (χ1v) is 8.86. The van der Waals surface area contributed by atoms with Crippen LogP contribution in [0.1, 0.15) is 32.1 Å². The number of ketones is 1. The van der Waals surface area contributed by atoms with Gasteiger partial charge in [-0.15, -0.1) is 0 Å². The summed E-state index contributed by atoms with van der Waals surface area (Å²) in [6.07, 6.45) is 4.99. The molecule has 0 bridgehead atoms. The summed E-state index contributed by atoms with van der Waals surface area (Å²) in [6.45, 7) is 1.24. The molecule has 0 radical (unpaired) electrons. The molecule has 4 nitrogen and oxygen atoms in total. The summed E-state index contributed by atoms with van der Waals surface area (Å²) in [7, 11) is -1.30. The molecule has 1 atom stereocenters. The molecule has 3 rings (SSSR count). The highest BCUT2D eigenvalue weighted by Crippen LogP contribution is 2.32. The molecule has 0 spiro atoms. The third-order valence-corrected chi connectivity index (χ3v) is 5.39. The first kappa shape index (κ1) is 14.6. The highest BCUT2D eigenvalue weighted by atomic mass is 32.2. The lowest BCUT2D eigenvalue weighted by atomic mass is 10.0. The van der Waals surface area contributed by atoms with Gasteiger partial charge in [0, 0.05) is 23.3 Å². The first-order valence-electron chi connectivity index (χ1n) is 7.55. The first-order chi connectivity index (χ1) is 10.2. The van der Waals surface area contributed by atoms with Crippen LogP contribution in [-0.4, -0.2) is 29.0 Å². The lowest BCUT2D eigenvalue weighted by Crippen LogP contribution is -2.18. The average molecular weight is 308 g/mol. The van der Waals surface area contributed by atoms with Gasteiger partial charge in [0.25, 0.3) is 0 Å². The molecule has 0 aromatic heterocycles. The standard InChI is InChI=1S/C16H20O4S/c17-14(12-4-1-2-5-12)11-21(18)13-6-7-15-16(10-13)20-9-3-8-19-15/h6-7,10,12H,1-5,8-9,11H2. The molecule has 1 heterocycles. The summed E-state index contributed by atoms with van der Waals surface area (Å²) < 4.78 is 23.5. The number of carbonyl (C=O) groups excluding carboxylic acids is 1. The Hall–Kier alpha value is -1.36. The Kier molecular flexibility index (Phi) is 4.58. The molecular weight excluding hydrogens is 288 g/mol. The Morgan fingerprint density at radius 3 is 2.57 bits per heavy atom. The van der Waals surface area contributed by atoms with E-state index >= 15 is 0 Å². The molecule has 1 fully saturated rings. The third-order valence-electron chi connectivity index (χ3n) is 4.07. The number of carbonyl (C=O) groups is 1. The zero-order valence-corrected chi connectivity index (χ0v) is 12.8. The smallest absolute Gasteiger partial charge is 0.162 e. The lowest BCUT2D eigenvalue weighted by molar-refractivity contribution is -0.120. The van der Waals surface area contributed by atoms with Crippen molar-refractivity contribution < 1.29 is 18.5 Å². The molecule has 0 amide bonds. The number of ether oxygens (including phenoxy) is 2. The fourth-order valence-electron chi connectivity index (χ4n) is 2.86. The van der Waals surface area contributed by atoms with Crippen LogP contribution in [0, 0.1) is 5.92 Å². The number of hydrogen-bond donors (Lipinski definition) is 0. The molecule has 1 aromatic carbocycles. The minimum Gasteiger partial charge on any atom is -0.490 e. The number of rotatable bonds is 4. The average Bonchev–Trinajstić information content (AvgIpc) is 2.92. The highest BCUT2D eigenvalue weighted by Gasteiger charge is 2.24. The second kappa shape index (κ2) is 6.60. The van der Waals surface area contributed by atoms with Gasteiger partial charge in [0.1, 0.15) is 5.78 Å². The second-order valence-corrected chi connectivity index (χ2v) is 7.05. The molecule has 2 aliphatic rings. The van der Waals surface area contributed by atoms with E-state index in [1.54, 1.807) is 18.2 Å². The number of Topliss-reactive ketones (excluding diaryl/α,β-unsaturated/α-hetero) is 1. The van der Waals surface area contributed by atoms with Crippen molar-refractivity contribution in [3.63, 3.8) is 0 Å². The molecular formula is C16H20O4S. The van der Waals surface area contributed by atoms with Crippen molar-refractivity contribution in [3.05, 3.63) is 18.2 Å². The van der Waals surface area contributed by atoms with E-state index in [-0.39, 0.29) is 17.5 Å². The van der Waals surface area contributed by atoms with Crippen LogP contribution in [0.25, 0.3) is 0 Å². The SMILES string of the molecule is O=C(CS(=O)c1ccc2c(c1)OCCCO2)C1CCCC1. The summed E-state index contributed by atoms with van der Waals surface area (Å²) in [5, 5.41) is 0. The molecule has 1 aliphatic heterocycles. The second-order valence-electron chi connectivity index (χ2n) is 5.60. The van der Waals surface area contributed by atoms with Gasteiger partial charge in [-0.1, -0.05) is 12.8 Å². The van der Waals surface area contributed by atoms with Gasteiger partial charge in [0.05, 0.1) is 29.8 Å². The summed E-state index contributed by atoms with van der Waals surface area (Å²) in [5.41, 5.74) is 0. The van der Waals surface area contributed by atoms with Gasteiger partial charge < -0.3 is 9.47 Å². The summed E-state index contributed by atoms with van der Waals surface area (Å²) in [5.74, 6) is 1.69. The normalized spacial score (nSPS) is 20.0. The van der Waals surface area contributed by atoms with Crippen LogP contribution in [0.5, 0.6) is 11.5 Å². The Morgan fingerprint density at radius 1 is 1.10 bits per heavy atom. The van der Waals surface area contributed by atoms with Gasteiger partial charge in [-0.05, 0) is 25.0 Å². The molecule has 5 heteroatoms. The number of hydrogen-bond acceptors (Lipinski definition) is 4. The van der Waals surface area contributed by atoms with E-state index in [1.165, 1.54) is 0 Å². The minimum absolute atomic E-state index is 0.115. The van der Waals surface area contributed by atoms with Crippen LogP contribution in [-0.2, 0) is 15.6 Å². The van der Waals surface area contributed by atoms with E-state index in [0.717, 1.165) is 32.1 Å². The minimum atomic E-state index is -1.30. The predicted molar refractivity (Wildman–Crippen MR) is 80.3 cm³/mol. The van der Waals surface area contributed by atoms with Crippen LogP contribution in [0.2, 0.25) is 0 Å². The quantitative estimate of drug-likeness (QED) is 0.858. The maximum Gasteiger partial charge on any atom is 0.162 e.